The van der Waals surface area contributed by atoms with Gasteiger partial charge in [0, 0.05) is 6.54 Å². The topological polar surface area (TPSA) is 109 Å². The van der Waals surface area contributed by atoms with Crippen LogP contribution in [-0.4, -0.2) is 31.6 Å². The van der Waals surface area contributed by atoms with Crippen molar-refractivity contribution >= 4 is 22.5 Å². The Morgan fingerprint density at radius 1 is 1.10 bits per heavy atom. The third-order valence-electron chi connectivity index (χ3n) is 4.40. The molecule has 0 saturated heterocycles. The van der Waals surface area contributed by atoms with Crippen LogP contribution >= 0.6 is 0 Å². The maximum absolute atomic E-state index is 12.7. The summed E-state index contributed by atoms with van der Waals surface area (Å²) in [6.45, 7) is 2.51. The Kier molecular flexibility index (Phi) is 5.10. The Balaban J connectivity index is 1.56. The van der Waals surface area contributed by atoms with Crippen LogP contribution in [0.1, 0.15) is 12.7 Å². The van der Waals surface area contributed by atoms with Crippen molar-refractivity contribution in [1.82, 2.24) is 19.2 Å². The number of para-hydroxylation sites is 2. The lowest BCUT2D eigenvalue weighted by molar-refractivity contribution is 0.122. The van der Waals surface area contributed by atoms with Crippen LogP contribution in [0.2, 0.25) is 0 Å². The molecule has 29 heavy (non-hydrogen) atoms. The van der Waals surface area contributed by atoms with Gasteiger partial charge in [0.25, 0.3) is 5.56 Å². The first kappa shape index (κ1) is 18.5. The summed E-state index contributed by atoms with van der Waals surface area (Å²) in [6.07, 6.45) is 0. The van der Waals surface area contributed by atoms with Crippen LogP contribution in [0.15, 0.2) is 64.5 Å². The number of amidine groups is 1. The number of hydrogen-bond acceptors (Lipinski definition) is 6. The lowest BCUT2D eigenvalue weighted by Gasteiger charge is -2.09. The fraction of sp³-hybridized carbons (Fsp3) is 0.200. The van der Waals surface area contributed by atoms with E-state index in [9.17, 15) is 4.79 Å². The van der Waals surface area contributed by atoms with Gasteiger partial charge >= 0.3 is 0 Å². The minimum Gasteiger partial charge on any atom is -0.486 e. The number of rotatable bonds is 7. The lowest BCUT2D eigenvalue weighted by Crippen LogP contribution is -2.23. The summed E-state index contributed by atoms with van der Waals surface area (Å²) in [5, 5.41) is 12.8. The van der Waals surface area contributed by atoms with E-state index in [1.165, 1.54) is 0 Å². The van der Waals surface area contributed by atoms with Crippen molar-refractivity contribution in [3.05, 3.63) is 70.8 Å². The third kappa shape index (κ3) is 3.62. The molecule has 4 aromatic rings. The molecule has 2 heterocycles. The minimum absolute atomic E-state index is 0.0408. The molecule has 0 atom stereocenters. The fourth-order valence-corrected chi connectivity index (χ4v) is 3.07. The van der Waals surface area contributed by atoms with Crippen molar-refractivity contribution in [2.45, 2.75) is 20.1 Å². The largest absolute Gasteiger partial charge is 0.486 e. The SMILES string of the molecule is CCn1c(=O)c2ccccc2n2c(CO/N=C(/N)COc3ccccc3)nnc12. The number of ether oxygens (including phenoxy) is 1. The molecular formula is C20H20N6O3. The standard InChI is InChI=1S/C20H20N6O3/c1-2-25-19(27)15-10-6-7-11-16(15)26-18(22-23-20(25)26)13-29-24-17(21)12-28-14-8-4-3-5-9-14/h3-11H,2,12-13H2,1H3,(H2,21,24). The molecule has 0 aliphatic heterocycles. The van der Waals surface area contributed by atoms with E-state index in [1.807, 2.05) is 55.5 Å². The Hall–Kier alpha value is -3.88. The molecule has 4 rings (SSSR count). The number of fused-ring (bicyclic) bond motifs is 3. The molecule has 0 saturated carbocycles. The first-order valence-corrected chi connectivity index (χ1v) is 9.16. The third-order valence-corrected chi connectivity index (χ3v) is 4.40. The molecule has 9 heteroatoms. The first-order chi connectivity index (χ1) is 14.2. The summed E-state index contributed by atoms with van der Waals surface area (Å²) < 4.78 is 8.89. The van der Waals surface area contributed by atoms with Crippen LogP contribution in [-0.2, 0) is 18.0 Å². The van der Waals surface area contributed by atoms with Crippen LogP contribution in [0.3, 0.4) is 0 Å². The Morgan fingerprint density at radius 2 is 1.86 bits per heavy atom. The molecule has 9 nitrogen and oxygen atoms in total. The number of aryl methyl sites for hydroxylation is 1. The number of aromatic nitrogens is 4. The molecule has 0 radical (unpaired) electrons. The summed E-state index contributed by atoms with van der Waals surface area (Å²) >= 11 is 0. The van der Waals surface area contributed by atoms with Gasteiger partial charge in [-0.05, 0) is 31.2 Å². The van der Waals surface area contributed by atoms with Crippen molar-refractivity contribution < 1.29 is 9.57 Å². The van der Waals surface area contributed by atoms with E-state index in [0.717, 1.165) is 0 Å². The van der Waals surface area contributed by atoms with Gasteiger partial charge in [-0.3, -0.25) is 13.8 Å². The highest BCUT2D eigenvalue weighted by Crippen LogP contribution is 2.15. The molecule has 0 bridgehead atoms. The number of nitrogens with zero attached hydrogens (tertiary/aromatic N) is 5. The van der Waals surface area contributed by atoms with E-state index in [4.69, 9.17) is 15.3 Å². The molecule has 0 aliphatic rings. The van der Waals surface area contributed by atoms with Gasteiger partial charge in [0.15, 0.2) is 18.3 Å². The highest BCUT2D eigenvalue weighted by atomic mass is 16.6. The average Bonchev–Trinajstić information content (AvgIpc) is 3.17. The Labute approximate surface area is 166 Å². The van der Waals surface area contributed by atoms with Gasteiger partial charge in [-0.25, -0.2) is 0 Å². The normalized spacial score (nSPS) is 11.8. The molecule has 2 aromatic carbocycles. The molecule has 0 unspecified atom stereocenters. The molecule has 2 aromatic heterocycles. The zero-order valence-corrected chi connectivity index (χ0v) is 15.9. The maximum atomic E-state index is 12.7. The summed E-state index contributed by atoms with van der Waals surface area (Å²) in [5.74, 6) is 1.86. The van der Waals surface area contributed by atoms with E-state index in [2.05, 4.69) is 15.4 Å². The minimum atomic E-state index is -0.101. The smallest absolute Gasteiger partial charge is 0.262 e. The molecule has 0 fully saturated rings. The van der Waals surface area contributed by atoms with Crippen LogP contribution in [0, 0.1) is 0 Å². The quantitative estimate of drug-likeness (QED) is 0.292. The van der Waals surface area contributed by atoms with Crippen molar-refractivity contribution in [3.8, 4) is 5.75 Å². The Morgan fingerprint density at radius 3 is 2.66 bits per heavy atom. The number of benzene rings is 2. The first-order valence-electron chi connectivity index (χ1n) is 9.16. The van der Waals surface area contributed by atoms with Gasteiger partial charge in [0.1, 0.15) is 12.4 Å². The molecule has 2 N–H and O–H groups in total. The maximum Gasteiger partial charge on any atom is 0.262 e. The average molecular weight is 392 g/mol. The van der Waals surface area contributed by atoms with Crippen molar-refractivity contribution in [2.24, 2.45) is 10.9 Å². The van der Waals surface area contributed by atoms with E-state index in [-0.39, 0.29) is 24.6 Å². The van der Waals surface area contributed by atoms with E-state index in [0.29, 0.717) is 34.8 Å². The van der Waals surface area contributed by atoms with E-state index >= 15 is 0 Å². The summed E-state index contributed by atoms with van der Waals surface area (Å²) in [5.41, 5.74) is 6.45. The zero-order chi connectivity index (χ0) is 20.2. The van der Waals surface area contributed by atoms with E-state index < -0.39 is 0 Å². The van der Waals surface area contributed by atoms with Crippen LogP contribution in [0.25, 0.3) is 16.7 Å². The van der Waals surface area contributed by atoms with Gasteiger partial charge in [-0.15, -0.1) is 10.2 Å². The van der Waals surface area contributed by atoms with Gasteiger partial charge < -0.3 is 15.3 Å². The molecular weight excluding hydrogens is 372 g/mol. The number of nitrogens with two attached hydrogens (primary N) is 1. The molecule has 0 spiro atoms. The molecule has 0 aliphatic carbocycles. The summed E-state index contributed by atoms with van der Waals surface area (Å²) in [6, 6.07) is 16.6. The van der Waals surface area contributed by atoms with Crippen molar-refractivity contribution in [2.75, 3.05) is 6.61 Å². The van der Waals surface area contributed by atoms with Crippen LogP contribution in [0.5, 0.6) is 5.75 Å². The molecule has 148 valence electrons. The second-order valence-electron chi connectivity index (χ2n) is 6.28. The predicted molar refractivity (Wildman–Crippen MR) is 109 cm³/mol. The second kappa shape index (κ2) is 8.01. The fourth-order valence-electron chi connectivity index (χ4n) is 3.07. The van der Waals surface area contributed by atoms with Crippen molar-refractivity contribution in [3.63, 3.8) is 0 Å². The second-order valence-corrected chi connectivity index (χ2v) is 6.28. The summed E-state index contributed by atoms with van der Waals surface area (Å²) in [4.78, 5) is 18.0. The van der Waals surface area contributed by atoms with Crippen molar-refractivity contribution in [1.29, 1.82) is 0 Å². The van der Waals surface area contributed by atoms with Gasteiger partial charge in [0.2, 0.25) is 5.78 Å². The van der Waals surface area contributed by atoms with Gasteiger partial charge in [-0.1, -0.05) is 35.5 Å². The monoisotopic (exact) mass is 392 g/mol. The summed E-state index contributed by atoms with van der Waals surface area (Å²) in [7, 11) is 0. The zero-order valence-electron chi connectivity index (χ0n) is 15.9. The number of hydrogen-bond donors (Lipinski definition) is 1. The predicted octanol–water partition coefficient (Wildman–Crippen LogP) is 1.93. The highest BCUT2D eigenvalue weighted by molar-refractivity contribution is 5.81. The van der Waals surface area contributed by atoms with Crippen LogP contribution < -0.4 is 16.0 Å². The van der Waals surface area contributed by atoms with Gasteiger partial charge in [0.05, 0.1) is 10.9 Å². The van der Waals surface area contributed by atoms with E-state index in [1.54, 1.807) is 15.0 Å². The highest BCUT2D eigenvalue weighted by Gasteiger charge is 2.15. The Bertz CT molecular complexity index is 1230. The van der Waals surface area contributed by atoms with Gasteiger partial charge in [-0.2, -0.15) is 0 Å². The number of oxime groups is 1. The van der Waals surface area contributed by atoms with Crippen LogP contribution in [0.4, 0.5) is 0 Å². The molecule has 0 amide bonds. The lowest BCUT2D eigenvalue weighted by atomic mass is 10.2.